The number of nitrogens with zero attached hydrogens (tertiary/aromatic N) is 1. The third-order valence-corrected chi connectivity index (χ3v) is 3.12. The van der Waals surface area contributed by atoms with Gasteiger partial charge in [0.05, 0.1) is 18.4 Å². The van der Waals surface area contributed by atoms with Crippen LogP contribution in [0.15, 0.2) is 23.6 Å². The summed E-state index contributed by atoms with van der Waals surface area (Å²) in [7, 11) is 1.37. The quantitative estimate of drug-likeness (QED) is 0.829. The van der Waals surface area contributed by atoms with Gasteiger partial charge in [0.25, 0.3) is 0 Å². The first-order chi connectivity index (χ1) is 8.11. The van der Waals surface area contributed by atoms with Crippen LogP contribution in [-0.2, 0) is 4.74 Å². The van der Waals surface area contributed by atoms with Gasteiger partial charge in [0.15, 0.2) is 5.13 Å². The van der Waals surface area contributed by atoms with E-state index < -0.39 is 0 Å². The molecule has 0 saturated heterocycles. The fraction of sp³-hybridized carbons (Fsp3) is 0.167. The molecule has 1 aromatic heterocycles. The third kappa shape index (κ3) is 2.29. The molecule has 88 valence electrons. The number of carbonyl (C=O) groups is 1. The van der Waals surface area contributed by atoms with E-state index in [4.69, 9.17) is 10.5 Å². The van der Waals surface area contributed by atoms with E-state index >= 15 is 0 Å². The van der Waals surface area contributed by atoms with Crippen LogP contribution in [0.25, 0.3) is 11.3 Å². The molecular formula is C12H12N2O2S. The van der Waals surface area contributed by atoms with Gasteiger partial charge in [-0.25, -0.2) is 9.78 Å². The molecule has 0 unspecified atom stereocenters. The Hall–Kier alpha value is -1.88. The van der Waals surface area contributed by atoms with E-state index in [0.717, 1.165) is 16.8 Å². The monoisotopic (exact) mass is 248 g/mol. The number of hydrogen-bond donors (Lipinski definition) is 1. The molecule has 0 fully saturated rings. The van der Waals surface area contributed by atoms with Crippen molar-refractivity contribution >= 4 is 22.4 Å². The zero-order valence-electron chi connectivity index (χ0n) is 9.56. The van der Waals surface area contributed by atoms with Crippen molar-refractivity contribution in [1.29, 1.82) is 0 Å². The van der Waals surface area contributed by atoms with Gasteiger partial charge in [0.2, 0.25) is 0 Å². The number of thiazole rings is 1. The highest BCUT2D eigenvalue weighted by molar-refractivity contribution is 7.13. The minimum Gasteiger partial charge on any atom is -0.465 e. The first-order valence-electron chi connectivity index (χ1n) is 5.02. The number of ether oxygens (including phenoxy) is 1. The van der Waals surface area contributed by atoms with Crippen LogP contribution in [0.3, 0.4) is 0 Å². The van der Waals surface area contributed by atoms with Crippen LogP contribution in [0.4, 0.5) is 5.13 Å². The average Bonchev–Trinajstić information content (AvgIpc) is 2.75. The molecule has 0 aliphatic carbocycles. The molecule has 0 atom stereocenters. The van der Waals surface area contributed by atoms with Crippen molar-refractivity contribution in [2.24, 2.45) is 0 Å². The Morgan fingerprint density at radius 1 is 1.47 bits per heavy atom. The predicted octanol–water partition coefficient (Wildman–Crippen LogP) is 2.49. The van der Waals surface area contributed by atoms with Gasteiger partial charge >= 0.3 is 5.97 Å². The van der Waals surface area contributed by atoms with Gasteiger partial charge in [-0.05, 0) is 24.6 Å². The minimum absolute atomic E-state index is 0.327. The van der Waals surface area contributed by atoms with Crippen LogP contribution >= 0.6 is 11.3 Å². The van der Waals surface area contributed by atoms with Crippen molar-refractivity contribution in [3.63, 3.8) is 0 Å². The van der Waals surface area contributed by atoms with Crippen LogP contribution in [0.2, 0.25) is 0 Å². The smallest absolute Gasteiger partial charge is 0.338 e. The van der Waals surface area contributed by atoms with Crippen LogP contribution < -0.4 is 5.73 Å². The molecule has 17 heavy (non-hydrogen) atoms. The lowest BCUT2D eigenvalue weighted by Gasteiger charge is -2.05. The normalized spacial score (nSPS) is 10.2. The predicted molar refractivity (Wildman–Crippen MR) is 68.0 cm³/mol. The summed E-state index contributed by atoms with van der Waals surface area (Å²) in [6.45, 7) is 1.87. The molecule has 0 saturated carbocycles. The van der Waals surface area contributed by atoms with Gasteiger partial charge in [0.1, 0.15) is 0 Å². The van der Waals surface area contributed by atoms with Gasteiger partial charge in [-0.2, -0.15) is 0 Å². The van der Waals surface area contributed by atoms with E-state index in [1.165, 1.54) is 18.4 Å². The van der Waals surface area contributed by atoms with Crippen molar-refractivity contribution < 1.29 is 9.53 Å². The maximum Gasteiger partial charge on any atom is 0.338 e. The van der Waals surface area contributed by atoms with Gasteiger partial charge in [-0.15, -0.1) is 11.3 Å². The number of esters is 1. The topological polar surface area (TPSA) is 65.2 Å². The third-order valence-electron chi connectivity index (χ3n) is 2.45. The molecule has 1 aromatic carbocycles. The Bertz CT molecular complexity index is 563. The Morgan fingerprint density at radius 3 is 2.76 bits per heavy atom. The molecule has 0 bridgehead atoms. The second kappa shape index (κ2) is 4.55. The Labute approximate surface area is 103 Å². The molecular weight excluding hydrogens is 236 g/mol. The van der Waals surface area contributed by atoms with Crippen LogP contribution in [-0.4, -0.2) is 18.1 Å². The average molecular weight is 248 g/mol. The Kier molecular flexibility index (Phi) is 3.10. The zero-order valence-corrected chi connectivity index (χ0v) is 10.4. The molecule has 0 spiro atoms. The van der Waals surface area contributed by atoms with Crippen LogP contribution in [0, 0.1) is 6.92 Å². The van der Waals surface area contributed by atoms with Crippen molar-refractivity contribution in [1.82, 2.24) is 4.98 Å². The van der Waals surface area contributed by atoms with Crippen LogP contribution in [0.1, 0.15) is 15.9 Å². The lowest BCUT2D eigenvalue weighted by atomic mass is 10.0. The van der Waals surface area contributed by atoms with E-state index in [-0.39, 0.29) is 5.97 Å². The number of methoxy groups -OCH3 is 1. The molecule has 2 aromatic rings. The summed E-state index contributed by atoms with van der Waals surface area (Å²) in [4.78, 5) is 15.6. The lowest BCUT2D eigenvalue weighted by Crippen LogP contribution is -2.03. The lowest BCUT2D eigenvalue weighted by molar-refractivity contribution is 0.0600. The fourth-order valence-corrected chi connectivity index (χ4v) is 2.15. The molecule has 0 aliphatic rings. The number of nitrogens with two attached hydrogens (primary N) is 1. The maximum atomic E-state index is 11.4. The molecule has 2 N–H and O–H groups in total. The van der Waals surface area contributed by atoms with E-state index in [1.807, 2.05) is 24.4 Å². The Morgan fingerprint density at radius 2 is 2.24 bits per heavy atom. The summed E-state index contributed by atoms with van der Waals surface area (Å²) >= 11 is 1.40. The number of benzene rings is 1. The Balaban J connectivity index is 2.40. The SMILES string of the molecule is COC(=O)c1ccc(-c2csc(N)n2)cc1C. The van der Waals surface area contributed by atoms with Gasteiger partial charge < -0.3 is 10.5 Å². The summed E-state index contributed by atoms with van der Waals surface area (Å²) in [6.07, 6.45) is 0. The number of nitrogen functional groups attached to an aromatic ring is 1. The summed E-state index contributed by atoms with van der Waals surface area (Å²) in [6, 6.07) is 5.49. The summed E-state index contributed by atoms with van der Waals surface area (Å²) in [5.74, 6) is -0.327. The van der Waals surface area contributed by atoms with Gasteiger partial charge in [-0.1, -0.05) is 6.07 Å². The highest BCUT2D eigenvalue weighted by atomic mass is 32.1. The zero-order chi connectivity index (χ0) is 12.4. The highest BCUT2D eigenvalue weighted by Gasteiger charge is 2.10. The van der Waals surface area contributed by atoms with E-state index in [9.17, 15) is 4.79 Å². The van der Waals surface area contributed by atoms with Gasteiger partial charge in [-0.3, -0.25) is 0 Å². The maximum absolute atomic E-state index is 11.4. The van der Waals surface area contributed by atoms with Crippen LogP contribution in [0.5, 0.6) is 0 Å². The fourth-order valence-electron chi connectivity index (χ4n) is 1.58. The number of rotatable bonds is 2. The molecule has 1 heterocycles. The minimum atomic E-state index is -0.327. The molecule has 5 heteroatoms. The number of aryl methyl sites for hydroxylation is 1. The van der Waals surface area contributed by atoms with E-state index in [1.54, 1.807) is 6.07 Å². The van der Waals surface area contributed by atoms with Crippen molar-refractivity contribution in [2.75, 3.05) is 12.8 Å². The second-order valence-corrected chi connectivity index (χ2v) is 4.48. The molecule has 2 rings (SSSR count). The molecule has 0 aliphatic heterocycles. The van der Waals surface area contributed by atoms with E-state index in [0.29, 0.717) is 10.7 Å². The number of hydrogen-bond acceptors (Lipinski definition) is 5. The summed E-state index contributed by atoms with van der Waals surface area (Å²) < 4.78 is 4.69. The first kappa shape index (κ1) is 11.6. The molecule has 0 radical (unpaired) electrons. The molecule has 4 nitrogen and oxygen atoms in total. The van der Waals surface area contributed by atoms with Gasteiger partial charge in [0, 0.05) is 10.9 Å². The standard InChI is InChI=1S/C12H12N2O2S/c1-7-5-8(10-6-17-12(13)14-10)3-4-9(7)11(15)16-2/h3-6H,1-2H3,(H2,13,14). The summed E-state index contributed by atoms with van der Waals surface area (Å²) in [5.41, 5.74) is 8.79. The number of carbonyl (C=O) groups excluding carboxylic acids is 1. The van der Waals surface area contributed by atoms with Crippen molar-refractivity contribution in [3.8, 4) is 11.3 Å². The largest absolute Gasteiger partial charge is 0.465 e. The van der Waals surface area contributed by atoms with Crippen molar-refractivity contribution in [2.45, 2.75) is 6.92 Å². The van der Waals surface area contributed by atoms with E-state index in [2.05, 4.69) is 4.98 Å². The molecule has 0 amide bonds. The van der Waals surface area contributed by atoms with Crippen molar-refractivity contribution in [3.05, 3.63) is 34.7 Å². The number of anilines is 1. The summed E-state index contributed by atoms with van der Waals surface area (Å²) in [5, 5.41) is 2.43. The number of aromatic nitrogens is 1. The second-order valence-electron chi connectivity index (χ2n) is 3.59. The first-order valence-corrected chi connectivity index (χ1v) is 5.90. The highest BCUT2D eigenvalue weighted by Crippen LogP contribution is 2.25.